The second kappa shape index (κ2) is 4.76. The number of ether oxygens (including phenoxy) is 1. The molecule has 2 fully saturated rings. The molecule has 4 heteroatoms. The van der Waals surface area contributed by atoms with Gasteiger partial charge in [0, 0.05) is 31.7 Å². The van der Waals surface area contributed by atoms with Gasteiger partial charge in [-0.25, -0.2) is 4.39 Å². The normalized spacial score (nSPS) is 24.1. The number of halogens is 1. The Labute approximate surface area is 107 Å². The zero-order valence-corrected chi connectivity index (χ0v) is 10.7. The molecule has 0 spiro atoms. The molecular formula is C14H19FN2O. The summed E-state index contributed by atoms with van der Waals surface area (Å²) in [6, 6.07) is 5.47. The highest BCUT2D eigenvalue weighted by Gasteiger charge is 2.31. The van der Waals surface area contributed by atoms with Crippen molar-refractivity contribution in [1.82, 2.24) is 4.90 Å². The van der Waals surface area contributed by atoms with Crippen LogP contribution >= 0.6 is 0 Å². The first-order valence-corrected chi connectivity index (χ1v) is 6.60. The molecule has 0 amide bonds. The van der Waals surface area contributed by atoms with Gasteiger partial charge in [-0.3, -0.25) is 4.90 Å². The van der Waals surface area contributed by atoms with Gasteiger partial charge in [0.15, 0.2) is 0 Å². The first kappa shape index (κ1) is 11.8. The molecule has 0 radical (unpaired) electrons. The molecule has 0 saturated carbocycles. The number of rotatable bonds is 2. The monoisotopic (exact) mass is 250 g/mol. The summed E-state index contributed by atoms with van der Waals surface area (Å²) in [6.45, 7) is 4.37. The second-order valence-electron chi connectivity index (χ2n) is 5.09. The lowest BCUT2D eigenvalue weighted by atomic mass is 10.1. The molecule has 2 heterocycles. The molecule has 1 unspecified atom stereocenters. The van der Waals surface area contributed by atoms with Crippen molar-refractivity contribution in [3.8, 4) is 5.75 Å². The fourth-order valence-electron chi connectivity index (χ4n) is 3.12. The molecule has 0 bridgehead atoms. The summed E-state index contributed by atoms with van der Waals surface area (Å²) in [7, 11) is 1.60. The molecule has 18 heavy (non-hydrogen) atoms. The summed E-state index contributed by atoms with van der Waals surface area (Å²) < 4.78 is 18.5. The third-order valence-electron chi connectivity index (χ3n) is 4.07. The Morgan fingerprint density at radius 2 is 2.17 bits per heavy atom. The molecule has 2 aliphatic rings. The van der Waals surface area contributed by atoms with Crippen molar-refractivity contribution in [2.24, 2.45) is 0 Å². The fraction of sp³-hybridized carbons (Fsp3) is 0.571. The zero-order chi connectivity index (χ0) is 12.5. The summed E-state index contributed by atoms with van der Waals surface area (Å²) in [5, 5.41) is 0. The van der Waals surface area contributed by atoms with E-state index in [2.05, 4.69) is 9.80 Å². The smallest absolute Gasteiger partial charge is 0.145 e. The van der Waals surface area contributed by atoms with Gasteiger partial charge < -0.3 is 9.64 Å². The Kier molecular flexibility index (Phi) is 3.12. The lowest BCUT2D eigenvalue weighted by Crippen LogP contribution is -2.50. The molecule has 1 aromatic carbocycles. The van der Waals surface area contributed by atoms with E-state index < -0.39 is 0 Å². The lowest BCUT2D eigenvalue weighted by molar-refractivity contribution is 0.230. The van der Waals surface area contributed by atoms with E-state index in [0.717, 1.165) is 25.3 Å². The number of fused-ring (bicyclic) bond motifs is 1. The average Bonchev–Trinajstić information content (AvgIpc) is 2.85. The maximum Gasteiger partial charge on any atom is 0.145 e. The van der Waals surface area contributed by atoms with Gasteiger partial charge in [0.2, 0.25) is 0 Å². The van der Waals surface area contributed by atoms with Crippen LogP contribution in [0.2, 0.25) is 0 Å². The van der Waals surface area contributed by atoms with Crippen LogP contribution in [0, 0.1) is 5.82 Å². The standard InChI is InChI=1S/C14H19FN2O/c1-18-14-9-11(15)4-5-13(14)17-8-7-16-6-2-3-12(16)10-17/h4-5,9,12H,2-3,6-8,10H2,1H3. The van der Waals surface area contributed by atoms with Gasteiger partial charge in [0.25, 0.3) is 0 Å². The highest BCUT2D eigenvalue weighted by atomic mass is 19.1. The predicted molar refractivity (Wildman–Crippen MR) is 69.8 cm³/mol. The van der Waals surface area contributed by atoms with Crippen LogP contribution in [0.5, 0.6) is 5.75 Å². The molecule has 1 atom stereocenters. The topological polar surface area (TPSA) is 15.7 Å². The van der Waals surface area contributed by atoms with Crippen molar-refractivity contribution in [1.29, 1.82) is 0 Å². The van der Waals surface area contributed by atoms with Gasteiger partial charge in [0.05, 0.1) is 12.8 Å². The number of benzene rings is 1. The third kappa shape index (κ3) is 2.05. The Balaban J connectivity index is 1.82. The van der Waals surface area contributed by atoms with Crippen molar-refractivity contribution < 1.29 is 9.13 Å². The summed E-state index contributed by atoms with van der Waals surface area (Å²) in [5.74, 6) is 0.400. The predicted octanol–water partition coefficient (Wildman–Crippen LogP) is 2.12. The highest BCUT2D eigenvalue weighted by Crippen LogP contribution is 2.32. The molecule has 0 N–H and O–H groups in total. The number of anilines is 1. The van der Waals surface area contributed by atoms with E-state index in [9.17, 15) is 4.39 Å². The highest BCUT2D eigenvalue weighted by molar-refractivity contribution is 5.59. The zero-order valence-electron chi connectivity index (χ0n) is 10.7. The minimum absolute atomic E-state index is 0.241. The SMILES string of the molecule is COc1cc(F)ccc1N1CCN2CCCC2C1. The van der Waals surface area contributed by atoms with Crippen molar-refractivity contribution in [3.63, 3.8) is 0 Å². The van der Waals surface area contributed by atoms with E-state index in [0.29, 0.717) is 11.8 Å². The van der Waals surface area contributed by atoms with Gasteiger partial charge in [-0.05, 0) is 31.5 Å². The lowest BCUT2D eigenvalue weighted by Gasteiger charge is -2.39. The number of hydrogen-bond acceptors (Lipinski definition) is 3. The average molecular weight is 250 g/mol. The molecule has 3 rings (SSSR count). The van der Waals surface area contributed by atoms with Crippen molar-refractivity contribution in [2.75, 3.05) is 38.2 Å². The second-order valence-corrected chi connectivity index (χ2v) is 5.09. The quantitative estimate of drug-likeness (QED) is 0.799. The van der Waals surface area contributed by atoms with Gasteiger partial charge in [-0.2, -0.15) is 0 Å². The molecule has 3 nitrogen and oxygen atoms in total. The van der Waals surface area contributed by atoms with Crippen LogP contribution < -0.4 is 9.64 Å². The van der Waals surface area contributed by atoms with Gasteiger partial charge in [-0.15, -0.1) is 0 Å². The van der Waals surface area contributed by atoms with Crippen LogP contribution in [0.25, 0.3) is 0 Å². The van der Waals surface area contributed by atoms with Crippen LogP contribution in [0.4, 0.5) is 10.1 Å². The van der Waals surface area contributed by atoms with Crippen molar-refractivity contribution in [2.45, 2.75) is 18.9 Å². The maximum absolute atomic E-state index is 13.2. The minimum Gasteiger partial charge on any atom is -0.494 e. The van der Waals surface area contributed by atoms with E-state index in [1.165, 1.54) is 31.5 Å². The van der Waals surface area contributed by atoms with E-state index >= 15 is 0 Å². The molecule has 98 valence electrons. The Bertz CT molecular complexity index is 438. The van der Waals surface area contributed by atoms with Crippen molar-refractivity contribution >= 4 is 5.69 Å². The van der Waals surface area contributed by atoms with E-state index in [4.69, 9.17) is 4.74 Å². The molecular weight excluding hydrogens is 231 g/mol. The molecule has 1 aromatic rings. The van der Waals surface area contributed by atoms with E-state index in [-0.39, 0.29) is 5.82 Å². The molecule has 2 aliphatic heterocycles. The van der Waals surface area contributed by atoms with Crippen LogP contribution in [0.1, 0.15) is 12.8 Å². The van der Waals surface area contributed by atoms with Gasteiger partial charge >= 0.3 is 0 Å². The molecule has 0 aromatic heterocycles. The van der Waals surface area contributed by atoms with Crippen LogP contribution in [-0.4, -0.2) is 44.2 Å². The fourth-order valence-corrected chi connectivity index (χ4v) is 3.12. The summed E-state index contributed by atoms with van der Waals surface area (Å²) >= 11 is 0. The largest absolute Gasteiger partial charge is 0.494 e. The summed E-state index contributed by atoms with van der Waals surface area (Å²) in [5.41, 5.74) is 1.02. The van der Waals surface area contributed by atoms with Crippen LogP contribution in [0.15, 0.2) is 18.2 Å². The first-order chi connectivity index (χ1) is 8.78. The first-order valence-electron chi connectivity index (χ1n) is 6.60. The van der Waals surface area contributed by atoms with Crippen molar-refractivity contribution in [3.05, 3.63) is 24.0 Å². The maximum atomic E-state index is 13.2. The number of piperazine rings is 1. The third-order valence-corrected chi connectivity index (χ3v) is 4.07. The summed E-state index contributed by atoms with van der Waals surface area (Å²) in [6.07, 6.45) is 2.58. The van der Waals surface area contributed by atoms with Crippen LogP contribution in [0.3, 0.4) is 0 Å². The molecule has 0 aliphatic carbocycles. The van der Waals surface area contributed by atoms with Gasteiger partial charge in [-0.1, -0.05) is 0 Å². The minimum atomic E-state index is -0.241. The van der Waals surface area contributed by atoms with E-state index in [1.807, 2.05) is 6.07 Å². The number of hydrogen-bond donors (Lipinski definition) is 0. The van der Waals surface area contributed by atoms with Crippen LogP contribution in [-0.2, 0) is 0 Å². The number of nitrogens with zero attached hydrogens (tertiary/aromatic N) is 2. The van der Waals surface area contributed by atoms with E-state index in [1.54, 1.807) is 7.11 Å². The Morgan fingerprint density at radius 3 is 3.00 bits per heavy atom. The summed E-state index contributed by atoms with van der Waals surface area (Å²) in [4.78, 5) is 4.89. The Morgan fingerprint density at radius 1 is 1.28 bits per heavy atom. The number of methoxy groups -OCH3 is 1. The van der Waals surface area contributed by atoms with Gasteiger partial charge in [0.1, 0.15) is 11.6 Å². The Hall–Kier alpha value is -1.29. The molecule has 2 saturated heterocycles.